The molecular formula is C13H15BrFNO. The van der Waals surface area contributed by atoms with Crippen molar-refractivity contribution in [2.75, 3.05) is 6.54 Å². The van der Waals surface area contributed by atoms with Gasteiger partial charge in [0.2, 0.25) is 0 Å². The average molecular weight is 300 g/mol. The molecule has 92 valence electrons. The van der Waals surface area contributed by atoms with Crippen LogP contribution in [0.3, 0.4) is 0 Å². The molecule has 0 aliphatic heterocycles. The van der Waals surface area contributed by atoms with E-state index in [1.165, 1.54) is 30.7 Å². The van der Waals surface area contributed by atoms with Gasteiger partial charge in [-0.2, -0.15) is 0 Å². The highest BCUT2D eigenvalue weighted by molar-refractivity contribution is 9.09. The minimum atomic E-state index is -0.320. The Morgan fingerprint density at radius 1 is 1.35 bits per heavy atom. The zero-order chi connectivity index (χ0) is 12.3. The van der Waals surface area contributed by atoms with E-state index >= 15 is 0 Å². The lowest BCUT2D eigenvalue weighted by Crippen LogP contribution is -2.28. The smallest absolute Gasteiger partial charge is 0.251 e. The van der Waals surface area contributed by atoms with Crippen LogP contribution >= 0.6 is 15.9 Å². The van der Waals surface area contributed by atoms with Gasteiger partial charge in [0.05, 0.1) is 0 Å². The van der Waals surface area contributed by atoms with Crippen molar-refractivity contribution in [3.8, 4) is 0 Å². The number of hydrogen-bond acceptors (Lipinski definition) is 1. The zero-order valence-electron chi connectivity index (χ0n) is 9.46. The van der Waals surface area contributed by atoms with Crippen molar-refractivity contribution in [1.82, 2.24) is 5.32 Å². The largest absolute Gasteiger partial charge is 0.352 e. The van der Waals surface area contributed by atoms with Gasteiger partial charge in [0.1, 0.15) is 5.82 Å². The van der Waals surface area contributed by atoms with Gasteiger partial charge in [0.15, 0.2) is 0 Å². The van der Waals surface area contributed by atoms with Gasteiger partial charge >= 0.3 is 0 Å². The van der Waals surface area contributed by atoms with E-state index in [9.17, 15) is 9.18 Å². The summed E-state index contributed by atoms with van der Waals surface area (Å²) >= 11 is 3.58. The second-order valence-corrected chi connectivity index (χ2v) is 5.79. The molecule has 1 aromatic carbocycles. The molecule has 1 aliphatic carbocycles. The quantitative estimate of drug-likeness (QED) is 0.854. The molecular weight excluding hydrogens is 285 g/mol. The van der Waals surface area contributed by atoms with E-state index in [1.807, 2.05) is 0 Å². The maximum Gasteiger partial charge on any atom is 0.251 e. The monoisotopic (exact) mass is 299 g/mol. The summed E-state index contributed by atoms with van der Waals surface area (Å²) in [6.45, 7) is 0.707. The van der Waals surface area contributed by atoms with Crippen LogP contribution in [0.1, 0.15) is 29.6 Å². The van der Waals surface area contributed by atoms with Crippen LogP contribution in [0.25, 0.3) is 0 Å². The second kappa shape index (κ2) is 5.63. The Balaban J connectivity index is 1.83. The Morgan fingerprint density at radius 3 is 2.65 bits per heavy atom. The lowest BCUT2D eigenvalue weighted by molar-refractivity contribution is 0.0947. The van der Waals surface area contributed by atoms with Crippen molar-refractivity contribution in [2.45, 2.75) is 24.1 Å². The number of amides is 1. The second-order valence-electron chi connectivity index (χ2n) is 4.49. The molecule has 0 aromatic heterocycles. The summed E-state index contributed by atoms with van der Waals surface area (Å²) in [5, 5.41) is 2.90. The Bertz CT molecular complexity index is 393. The maximum absolute atomic E-state index is 12.7. The third-order valence-electron chi connectivity index (χ3n) is 3.13. The normalized spacial score (nSPS) is 23.6. The van der Waals surface area contributed by atoms with Gasteiger partial charge < -0.3 is 5.32 Å². The van der Waals surface area contributed by atoms with E-state index in [0.717, 1.165) is 12.8 Å². The number of benzene rings is 1. The molecule has 1 aromatic rings. The molecule has 0 radical (unpaired) electrons. The minimum absolute atomic E-state index is 0.122. The van der Waals surface area contributed by atoms with E-state index in [4.69, 9.17) is 0 Å². The topological polar surface area (TPSA) is 29.1 Å². The Kier molecular flexibility index (Phi) is 4.15. The van der Waals surface area contributed by atoms with Crippen molar-refractivity contribution in [2.24, 2.45) is 5.92 Å². The van der Waals surface area contributed by atoms with E-state index in [0.29, 0.717) is 22.9 Å². The van der Waals surface area contributed by atoms with Crippen molar-refractivity contribution in [3.05, 3.63) is 35.6 Å². The summed E-state index contributed by atoms with van der Waals surface area (Å²) < 4.78 is 12.7. The summed E-state index contributed by atoms with van der Waals surface area (Å²) in [5.74, 6) is 0.117. The minimum Gasteiger partial charge on any atom is -0.352 e. The van der Waals surface area contributed by atoms with Crippen molar-refractivity contribution in [1.29, 1.82) is 0 Å². The Hall–Kier alpha value is -0.900. The maximum atomic E-state index is 12.7. The lowest BCUT2D eigenvalue weighted by Gasteiger charge is -2.10. The molecule has 2 unspecified atom stereocenters. The van der Waals surface area contributed by atoms with E-state index in [-0.39, 0.29) is 11.7 Å². The predicted octanol–water partition coefficient (Wildman–Crippen LogP) is 3.12. The number of rotatable bonds is 3. The molecule has 0 bridgehead atoms. The van der Waals surface area contributed by atoms with Gasteiger partial charge in [-0.25, -0.2) is 4.39 Å². The number of carbonyl (C=O) groups is 1. The number of nitrogens with one attached hydrogen (secondary N) is 1. The molecule has 2 rings (SSSR count). The van der Waals surface area contributed by atoms with Gasteiger partial charge in [0.25, 0.3) is 5.91 Å². The van der Waals surface area contributed by atoms with Crippen LogP contribution in [0.15, 0.2) is 24.3 Å². The van der Waals surface area contributed by atoms with Gasteiger partial charge in [-0.3, -0.25) is 4.79 Å². The highest BCUT2D eigenvalue weighted by Crippen LogP contribution is 2.30. The Morgan fingerprint density at radius 2 is 2.06 bits per heavy atom. The average Bonchev–Trinajstić information content (AvgIpc) is 2.73. The molecule has 2 atom stereocenters. The third-order valence-corrected chi connectivity index (χ3v) is 3.97. The summed E-state index contributed by atoms with van der Waals surface area (Å²) in [4.78, 5) is 12.3. The molecule has 1 saturated carbocycles. The molecule has 1 aliphatic rings. The van der Waals surface area contributed by atoms with Crippen LogP contribution in [0.4, 0.5) is 4.39 Å². The van der Waals surface area contributed by atoms with E-state index in [1.54, 1.807) is 0 Å². The molecule has 1 amide bonds. The van der Waals surface area contributed by atoms with Crippen molar-refractivity contribution < 1.29 is 9.18 Å². The molecule has 1 fully saturated rings. The van der Waals surface area contributed by atoms with Crippen molar-refractivity contribution in [3.63, 3.8) is 0 Å². The number of hydrogen-bond donors (Lipinski definition) is 1. The number of halogens is 2. The molecule has 0 spiro atoms. The highest BCUT2D eigenvalue weighted by atomic mass is 79.9. The fraction of sp³-hybridized carbons (Fsp3) is 0.462. The number of carbonyl (C=O) groups excluding carboxylic acids is 1. The van der Waals surface area contributed by atoms with Crippen LogP contribution in [-0.4, -0.2) is 17.3 Å². The van der Waals surface area contributed by atoms with Gasteiger partial charge in [-0.05, 0) is 49.4 Å². The van der Waals surface area contributed by atoms with Crippen LogP contribution in [0.5, 0.6) is 0 Å². The summed E-state index contributed by atoms with van der Waals surface area (Å²) in [6, 6.07) is 5.62. The summed E-state index contributed by atoms with van der Waals surface area (Å²) in [5.41, 5.74) is 0.514. The van der Waals surface area contributed by atoms with Crippen LogP contribution in [0.2, 0.25) is 0 Å². The zero-order valence-corrected chi connectivity index (χ0v) is 11.0. The molecule has 4 heteroatoms. The molecule has 0 heterocycles. The standard InChI is InChI=1S/C13H15BrFNO/c14-11-4-1-9(7-11)8-16-13(17)10-2-5-12(15)6-3-10/h2-3,5-6,9,11H,1,4,7-8H2,(H,16,17). The lowest BCUT2D eigenvalue weighted by atomic mass is 10.1. The van der Waals surface area contributed by atoms with Gasteiger partial charge in [-0.15, -0.1) is 0 Å². The summed E-state index contributed by atoms with van der Waals surface area (Å²) in [6.07, 6.45) is 3.44. The van der Waals surface area contributed by atoms with Crippen LogP contribution in [-0.2, 0) is 0 Å². The third kappa shape index (κ3) is 3.53. The fourth-order valence-corrected chi connectivity index (χ4v) is 2.93. The highest BCUT2D eigenvalue weighted by Gasteiger charge is 2.22. The van der Waals surface area contributed by atoms with Crippen molar-refractivity contribution >= 4 is 21.8 Å². The van der Waals surface area contributed by atoms with Crippen LogP contribution < -0.4 is 5.32 Å². The molecule has 0 saturated heterocycles. The molecule has 1 N–H and O–H groups in total. The van der Waals surface area contributed by atoms with E-state index in [2.05, 4.69) is 21.2 Å². The molecule has 17 heavy (non-hydrogen) atoms. The first-order valence-electron chi connectivity index (χ1n) is 5.83. The fourth-order valence-electron chi connectivity index (χ4n) is 2.14. The number of alkyl halides is 1. The molecule has 2 nitrogen and oxygen atoms in total. The predicted molar refractivity (Wildman–Crippen MR) is 68.8 cm³/mol. The van der Waals surface area contributed by atoms with Crippen LogP contribution in [0, 0.1) is 11.7 Å². The first-order valence-corrected chi connectivity index (χ1v) is 6.74. The van der Waals surface area contributed by atoms with Gasteiger partial charge in [-0.1, -0.05) is 15.9 Å². The van der Waals surface area contributed by atoms with E-state index < -0.39 is 0 Å². The van der Waals surface area contributed by atoms with Gasteiger partial charge in [0, 0.05) is 16.9 Å². The Labute approximate surface area is 109 Å². The first kappa shape index (κ1) is 12.6. The summed E-state index contributed by atoms with van der Waals surface area (Å²) in [7, 11) is 0. The first-order chi connectivity index (χ1) is 8.15. The SMILES string of the molecule is O=C(NCC1CCC(Br)C1)c1ccc(F)cc1.